The Kier molecular flexibility index (Phi) is 48.1. The smallest absolute Gasteiger partial charge is 0.305 e. The Hall–Kier alpha value is -1.92. The van der Waals surface area contributed by atoms with Crippen LogP contribution in [0.25, 0.3) is 0 Å². The van der Waals surface area contributed by atoms with Crippen molar-refractivity contribution in [3.8, 4) is 0 Å². The fourth-order valence-electron chi connectivity index (χ4n) is 7.80. The molecule has 0 saturated heterocycles. The lowest BCUT2D eigenvalue weighted by Crippen LogP contribution is -2.45. The van der Waals surface area contributed by atoms with E-state index in [0.29, 0.717) is 19.4 Å². The Morgan fingerprint density at radius 3 is 1.20 bits per heavy atom. The average molecular weight is 844 g/mol. The maximum atomic E-state index is 12.4. The number of nitrogens with one attached hydrogen (secondary N) is 1. The van der Waals surface area contributed by atoms with Gasteiger partial charge in [0.05, 0.1) is 25.4 Å². The number of allylic oxidation sites excluding steroid dienone is 5. The molecule has 0 aromatic heterocycles. The normalized spacial score (nSPS) is 12.9. The fraction of sp³-hybridized carbons (Fsp3) is 0.852. The van der Waals surface area contributed by atoms with Crippen LogP contribution in [0.1, 0.15) is 271 Å². The van der Waals surface area contributed by atoms with Crippen molar-refractivity contribution in [3.63, 3.8) is 0 Å². The molecular formula is C54H101NO5. The highest BCUT2D eigenvalue weighted by atomic mass is 16.5. The van der Waals surface area contributed by atoms with Crippen molar-refractivity contribution < 1.29 is 24.5 Å². The third-order valence-electron chi connectivity index (χ3n) is 11.9. The van der Waals surface area contributed by atoms with Crippen LogP contribution >= 0.6 is 0 Å². The van der Waals surface area contributed by atoms with Gasteiger partial charge in [0, 0.05) is 12.8 Å². The number of unbranched alkanes of at least 4 members (excludes halogenated alkanes) is 33. The summed E-state index contributed by atoms with van der Waals surface area (Å²) in [7, 11) is 0. The van der Waals surface area contributed by atoms with Crippen molar-refractivity contribution in [2.45, 2.75) is 283 Å². The molecule has 3 N–H and O–H groups in total. The quantitative estimate of drug-likeness (QED) is 0.0322. The third kappa shape index (κ3) is 45.6. The van der Waals surface area contributed by atoms with Crippen LogP contribution in [-0.2, 0) is 14.3 Å². The van der Waals surface area contributed by atoms with Gasteiger partial charge in [-0.1, -0.05) is 211 Å². The zero-order chi connectivity index (χ0) is 43.7. The molecule has 0 aliphatic rings. The summed E-state index contributed by atoms with van der Waals surface area (Å²) in [5.74, 6) is -0.0867. The van der Waals surface area contributed by atoms with Gasteiger partial charge in [-0.15, -0.1) is 0 Å². The first kappa shape index (κ1) is 58.1. The van der Waals surface area contributed by atoms with Crippen LogP contribution in [0.4, 0.5) is 0 Å². The van der Waals surface area contributed by atoms with Gasteiger partial charge in [-0.25, -0.2) is 0 Å². The molecule has 0 bridgehead atoms. The molecule has 0 radical (unpaired) electrons. The third-order valence-corrected chi connectivity index (χ3v) is 11.9. The SMILES string of the molecule is CCCCCC/C=C\CCCCCCCC(=O)OCCCCCCCCCC/C=C\CCCCCCCCCC(=O)NC(CO)C(O)/C=C/CCCCCCCCCCC. The number of amides is 1. The maximum absolute atomic E-state index is 12.4. The van der Waals surface area contributed by atoms with Gasteiger partial charge in [0.1, 0.15) is 0 Å². The predicted octanol–water partition coefficient (Wildman–Crippen LogP) is 15.7. The standard InChI is InChI=1S/C54H101NO5/c1-3-5-7-9-11-13-15-23-28-32-36-40-44-48-54(59)60-49-45-41-37-33-29-25-22-20-18-16-17-19-21-24-27-31-35-39-43-47-53(58)55-51(50-56)52(57)46-42-38-34-30-26-14-12-10-8-6-4-2/h13,15-17,42,46,51-52,56-57H,3-12,14,18-41,43-45,47-50H2,1-2H3,(H,55,58)/b15-13-,17-16-,46-42+. The Bertz CT molecular complexity index is 977. The van der Waals surface area contributed by atoms with Gasteiger partial charge in [0.2, 0.25) is 5.91 Å². The first-order valence-electron chi connectivity index (χ1n) is 26.3. The largest absolute Gasteiger partial charge is 0.466 e. The van der Waals surface area contributed by atoms with Crippen LogP contribution in [0.15, 0.2) is 36.5 Å². The number of carbonyl (C=O) groups is 2. The minimum Gasteiger partial charge on any atom is -0.466 e. The Balaban J connectivity index is 3.46. The number of ether oxygens (including phenoxy) is 1. The number of rotatable bonds is 48. The van der Waals surface area contributed by atoms with Gasteiger partial charge in [-0.3, -0.25) is 9.59 Å². The Morgan fingerprint density at radius 1 is 0.450 bits per heavy atom. The summed E-state index contributed by atoms with van der Waals surface area (Å²) in [6.07, 6.45) is 60.1. The van der Waals surface area contributed by atoms with E-state index in [9.17, 15) is 19.8 Å². The lowest BCUT2D eigenvalue weighted by atomic mass is 10.1. The predicted molar refractivity (Wildman–Crippen MR) is 259 cm³/mol. The minimum atomic E-state index is -0.849. The zero-order valence-electron chi connectivity index (χ0n) is 39.9. The topological polar surface area (TPSA) is 95.9 Å². The molecule has 0 spiro atoms. The highest BCUT2D eigenvalue weighted by Crippen LogP contribution is 2.15. The lowest BCUT2D eigenvalue weighted by molar-refractivity contribution is -0.143. The van der Waals surface area contributed by atoms with E-state index >= 15 is 0 Å². The molecule has 0 fully saturated rings. The minimum absolute atomic E-state index is 0.00686. The fourth-order valence-corrected chi connectivity index (χ4v) is 7.80. The number of aliphatic hydroxyl groups is 2. The van der Waals surface area contributed by atoms with Gasteiger partial charge in [-0.2, -0.15) is 0 Å². The van der Waals surface area contributed by atoms with E-state index in [1.54, 1.807) is 6.08 Å². The lowest BCUT2D eigenvalue weighted by Gasteiger charge is -2.20. The number of aliphatic hydroxyl groups excluding tert-OH is 2. The number of carbonyl (C=O) groups excluding carboxylic acids is 2. The van der Waals surface area contributed by atoms with Gasteiger partial charge in [0.15, 0.2) is 0 Å². The number of hydrogen-bond donors (Lipinski definition) is 3. The highest BCUT2D eigenvalue weighted by Gasteiger charge is 2.18. The molecule has 0 aromatic rings. The van der Waals surface area contributed by atoms with Gasteiger partial charge in [0.25, 0.3) is 0 Å². The molecule has 0 aromatic carbocycles. The zero-order valence-corrected chi connectivity index (χ0v) is 39.9. The summed E-state index contributed by atoms with van der Waals surface area (Å²) in [4.78, 5) is 24.4. The van der Waals surface area contributed by atoms with Crippen LogP contribution in [0, 0.1) is 0 Å². The van der Waals surface area contributed by atoms with Gasteiger partial charge in [-0.05, 0) is 83.5 Å². The van der Waals surface area contributed by atoms with Crippen LogP contribution in [0.2, 0.25) is 0 Å². The van der Waals surface area contributed by atoms with Crippen LogP contribution in [-0.4, -0.2) is 47.4 Å². The second-order valence-corrected chi connectivity index (χ2v) is 17.8. The molecule has 0 aliphatic carbocycles. The molecule has 0 saturated carbocycles. The number of hydrogen-bond acceptors (Lipinski definition) is 5. The summed E-state index contributed by atoms with van der Waals surface area (Å²) in [5.41, 5.74) is 0. The molecule has 60 heavy (non-hydrogen) atoms. The van der Waals surface area contributed by atoms with E-state index in [1.165, 1.54) is 193 Å². The highest BCUT2D eigenvalue weighted by molar-refractivity contribution is 5.76. The van der Waals surface area contributed by atoms with Crippen molar-refractivity contribution in [1.82, 2.24) is 5.32 Å². The van der Waals surface area contributed by atoms with Gasteiger partial charge >= 0.3 is 5.97 Å². The van der Waals surface area contributed by atoms with Crippen molar-refractivity contribution >= 4 is 11.9 Å². The van der Waals surface area contributed by atoms with Crippen LogP contribution in [0.3, 0.4) is 0 Å². The summed E-state index contributed by atoms with van der Waals surface area (Å²) < 4.78 is 5.45. The average Bonchev–Trinajstić information content (AvgIpc) is 3.25. The molecule has 6 nitrogen and oxygen atoms in total. The molecule has 2 unspecified atom stereocenters. The first-order valence-corrected chi connectivity index (χ1v) is 26.3. The monoisotopic (exact) mass is 844 g/mol. The van der Waals surface area contributed by atoms with E-state index in [-0.39, 0.29) is 18.5 Å². The first-order chi connectivity index (χ1) is 29.5. The Labute approximate surface area is 373 Å². The molecule has 0 aliphatic heterocycles. The van der Waals surface area contributed by atoms with Crippen molar-refractivity contribution in [3.05, 3.63) is 36.5 Å². The van der Waals surface area contributed by atoms with Crippen LogP contribution in [0.5, 0.6) is 0 Å². The van der Waals surface area contributed by atoms with Gasteiger partial charge < -0.3 is 20.3 Å². The number of esters is 1. The maximum Gasteiger partial charge on any atom is 0.305 e. The summed E-state index contributed by atoms with van der Waals surface area (Å²) in [5, 5.41) is 23.0. The van der Waals surface area contributed by atoms with Crippen molar-refractivity contribution in [2.24, 2.45) is 0 Å². The summed E-state index contributed by atoms with van der Waals surface area (Å²) in [6, 6.07) is -0.633. The molecule has 1 amide bonds. The summed E-state index contributed by atoms with van der Waals surface area (Å²) in [6.45, 7) is 4.85. The van der Waals surface area contributed by atoms with E-state index in [0.717, 1.165) is 51.4 Å². The molecule has 0 heterocycles. The van der Waals surface area contributed by atoms with E-state index < -0.39 is 12.1 Å². The second kappa shape index (κ2) is 49.7. The van der Waals surface area contributed by atoms with E-state index in [1.807, 2.05) is 6.08 Å². The molecule has 2 atom stereocenters. The Morgan fingerprint density at radius 2 is 0.783 bits per heavy atom. The molecule has 352 valence electrons. The molecule has 6 heteroatoms. The molecule has 0 rings (SSSR count). The van der Waals surface area contributed by atoms with E-state index in [4.69, 9.17) is 4.74 Å². The van der Waals surface area contributed by atoms with E-state index in [2.05, 4.69) is 43.5 Å². The van der Waals surface area contributed by atoms with Crippen molar-refractivity contribution in [1.29, 1.82) is 0 Å². The second-order valence-electron chi connectivity index (χ2n) is 17.8. The summed E-state index contributed by atoms with van der Waals surface area (Å²) >= 11 is 0. The van der Waals surface area contributed by atoms with Crippen LogP contribution < -0.4 is 5.32 Å². The molecular weight excluding hydrogens is 743 g/mol. The van der Waals surface area contributed by atoms with Crippen molar-refractivity contribution in [2.75, 3.05) is 13.2 Å².